The first-order chi connectivity index (χ1) is 25.1. The quantitative estimate of drug-likeness (QED) is 0.173. The molecule has 0 aliphatic carbocycles. The molecule has 0 spiro atoms. The fourth-order valence-corrected chi connectivity index (χ4v) is 8.35. The third kappa shape index (κ3) is 4.62. The summed E-state index contributed by atoms with van der Waals surface area (Å²) in [5, 5.41) is 9.71. The number of aryl methyl sites for hydroxylation is 2. The molecule has 1 heterocycles. The molecule has 0 bridgehead atoms. The summed E-state index contributed by atoms with van der Waals surface area (Å²) < 4.78 is 6.85. The molecule has 0 amide bonds. The van der Waals surface area contributed by atoms with Gasteiger partial charge in [0.25, 0.3) is 0 Å². The van der Waals surface area contributed by atoms with E-state index in [1.165, 1.54) is 87.8 Å². The molecule has 1 heteroatoms. The highest BCUT2D eigenvalue weighted by atomic mass is 16.3. The number of para-hydroxylation sites is 1. The highest BCUT2D eigenvalue weighted by Gasteiger charge is 2.23. The van der Waals surface area contributed by atoms with E-state index < -0.39 is 0 Å². The number of furan rings is 1. The predicted molar refractivity (Wildman–Crippen MR) is 217 cm³/mol. The van der Waals surface area contributed by atoms with Crippen LogP contribution in [0.4, 0.5) is 0 Å². The van der Waals surface area contributed by atoms with Gasteiger partial charge in [0.15, 0.2) is 0 Å². The van der Waals surface area contributed by atoms with Gasteiger partial charge in [-0.05, 0) is 115 Å². The van der Waals surface area contributed by atoms with Gasteiger partial charge in [-0.25, -0.2) is 0 Å². The first-order valence-corrected chi connectivity index (χ1v) is 17.7. The van der Waals surface area contributed by atoms with Crippen molar-refractivity contribution >= 4 is 54.3 Å². The van der Waals surface area contributed by atoms with Gasteiger partial charge in [0.05, 0.1) is 0 Å². The van der Waals surface area contributed by atoms with Gasteiger partial charge in [-0.15, -0.1) is 0 Å². The second-order valence-corrected chi connectivity index (χ2v) is 13.7. The van der Waals surface area contributed by atoms with E-state index in [0.29, 0.717) is 0 Å². The predicted octanol–water partition coefficient (Wildman–Crippen LogP) is 14.3. The number of benzene rings is 9. The number of hydrogen-bond donors (Lipinski definition) is 0. The molecular weight excluding hydrogens is 617 g/mol. The first-order valence-electron chi connectivity index (χ1n) is 17.7. The molecule has 9 aromatic carbocycles. The van der Waals surface area contributed by atoms with Crippen LogP contribution in [0.3, 0.4) is 0 Å². The minimum Gasteiger partial charge on any atom is -0.455 e. The van der Waals surface area contributed by atoms with E-state index in [4.69, 9.17) is 4.42 Å². The van der Waals surface area contributed by atoms with Crippen LogP contribution < -0.4 is 0 Å². The van der Waals surface area contributed by atoms with Gasteiger partial charge in [0.2, 0.25) is 0 Å². The van der Waals surface area contributed by atoms with E-state index in [1.54, 1.807) is 0 Å². The zero-order chi connectivity index (χ0) is 34.1. The lowest BCUT2D eigenvalue weighted by Gasteiger charge is -2.20. The molecule has 1 aromatic heterocycles. The summed E-state index contributed by atoms with van der Waals surface area (Å²) in [7, 11) is 0. The SMILES string of the molecule is Cc1ccccc1-c1cc(-c2c3ccccc3c(-c3cccc(-c4ccc5ccccc5c4)c3)c3ccccc23)c2oc3ccccc3c2c1C. The molecule has 0 fully saturated rings. The Morgan fingerprint density at radius 2 is 0.961 bits per heavy atom. The topological polar surface area (TPSA) is 13.1 Å². The van der Waals surface area contributed by atoms with E-state index in [9.17, 15) is 0 Å². The van der Waals surface area contributed by atoms with Gasteiger partial charge >= 0.3 is 0 Å². The molecule has 0 N–H and O–H groups in total. The van der Waals surface area contributed by atoms with Crippen molar-refractivity contribution < 1.29 is 4.42 Å². The van der Waals surface area contributed by atoms with Crippen molar-refractivity contribution in [2.24, 2.45) is 0 Å². The fraction of sp³-hybridized carbons (Fsp3) is 0.0400. The van der Waals surface area contributed by atoms with Crippen LogP contribution in [-0.2, 0) is 0 Å². The Balaban J connectivity index is 1.29. The Labute approximate surface area is 297 Å². The summed E-state index contributed by atoms with van der Waals surface area (Å²) in [5.41, 5.74) is 14.0. The lowest BCUT2D eigenvalue weighted by Crippen LogP contribution is -1.94. The maximum absolute atomic E-state index is 6.85. The van der Waals surface area contributed by atoms with Gasteiger partial charge in [-0.2, -0.15) is 0 Å². The van der Waals surface area contributed by atoms with Crippen molar-refractivity contribution in [3.63, 3.8) is 0 Å². The van der Waals surface area contributed by atoms with Crippen LogP contribution in [0.25, 0.3) is 98.8 Å². The Hall–Kier alpha value is -6.44. The smallest absolute Gasteiger partial charge is 0.143 e. The van der Waals surface area contributed by atoms with Crippen LogP contribution >= 0.6 is 0 Å². The molecule has 1 nitrogen and oxygen atoms in total. The van der Waals surface area contributed by atoms with E-state index in [1.807, 2.05) is 0 Å². The lowest BCUT2D eigenvalue weighted by molar-refractivity contribution is 0.670. The maximum Gasteiger partial charge on any atom is 0.143 e. The molecule has 0 saturated heterocycles. The van der Waals surface area contributed by atoms with Crippen molar-refractivity contribution in [3.05, 3.63) is 181 Å². The Kier molecular flexibility index (Phi) is 6.69. The van der Waals surface area contributed by atoms with E-state index in [2.05, 4.69) is 184 Å². The van der Waals surface area contributed by atoms with Gasteiger partial charge < -0.3 is 4.42 Å². The third-order valence-electron chi connectivity index (χ3n) is 10.8. The maximum atomic E-state index is 6.85. The van der Waals surface area contributed by atoms with Crippen LogP contribution in [0.5, 0.6) is 0 Å². The molecule has 0 aliphatic heterocycles. The second-order valence-electron chi connectivity index (χ2n) is 13.7. The van der Waals surface area contributed by atoms with Crippen LogP contribution in [0, 0.1) is 13.8 Å². The molecule has 10 aromatic rings. The first kappa shape index (κ1) is 29.5. The van der Waals surface area contributed by atoms with E-state index in [-0.39, 0.29) is 0 Å². The summed E-state index contributed by atoms with van der Waals surface area (Å²) in [6, 6.07) is 61.8. The molecule has 51 heavy (non-hydrogen) atoms. The van der Waals surface area contributed by atoms with E-state index >= 15 is 0 Å². The van der Waals surface area contributed by atoms with Crippen molar-refractivity contribution in [1.82, 2.24) is 0 Å². The highest BCUT2D eigenvalue weighted by molar-refractivity contribution is 6.25. The Bertz CT molecular complexity index is 2940. The molecule has 240 valence electrons. The lowest BCUT2D eigenvalue weighted by atomic mass is 9.83. The molecule has 0 aliphatic rings. The molecule has 10 rings (SSSR count). The second kappa shape index (κ2) is 11.6. The largest absolute Gasteiger partial charge is 0.455 e. The average molecular weight is 651 g/mol. The van der Waals surface area contributed by atoms with Crippen LogP contribution in [0.1, 0.15) is 11.1 Å². The summed E-state index contributed by atoms with van der Waals surface area (Å²) in [5.74, 6) is 0. The number of rotatable bonds is 4. The van der Waals surface area contributed by atoms with E-state index in [0.717, 1.165) is 22.1 Å². The highest BCUT2D eigenvalue weighted by Crippen LogP contribution is 2.49. The Morgan fingerprint density at radius 1 is 0.373 bits per heavy atom. The molecule has 0 saturated carbocycles. The van der Waals surface area contributed by atoms with Crippen LogP contribution in [0.2, 0.25) is 0 Å². The van der Waals surface area contributed by atoms with Gasteiger partial charge in [0.1, 0.15) is 11.2 Å². The van der Waals surface area contributed by atoms with Crippen LogP contribution in [0.15, 0.2) is 174 Å². The van der Waals surface area contributed by atoms with Crippen molar-refractivity contribution in [2.75, 3.05) is 0 Å². The summed E-state index contributed by atoms with van der Waals surface area (Å²) in [6.45, 7) is 4.45. The molecular formula is C50H34O. The zero-order valence-corrected chi connectivity index (χ0v) is 28.6. The van der Waals surface area contributed by atoms with Crippen molar-refractivity contribution in [3.8, 4) is 44.5 Å². The van der Waals surface area contributed by atoms with Gasteiger partial charge in [-0.1, -0.05) is 146 Å². The standard InChI is InChI=1S/C50H34O/c1-31-14-3-6-19-38(31)44-30-45(50-47(32(44)2)43-24-11-12-25-46(43)51-50)49-41-22-9-7-20-39(41)48(40-21-8-10-23-42(40)49)37-18-13-17-35(29-37)36-27-26-33-15-4-5-16-34(33)28-36/h3-30H,1-2H3. The minimum absolute atomic E-state index is 0.912. The normalized spacial score (nSPS) is 11.7. The molecule has 0 radical (unpaired) electrons. The minimum atomic E-state index is 0.912. The van der Waals surface area contributed by atoms with Crippen LogP contribution in [-0.4, -0.2) is 0 Å². The summed E-state index contributed by atoms with van der Waals surface area (Å²) in [4.78, 5) is 0. The molecule has 0 unspecified atom stereocenters. The van der Waals surface area contributed by atoms with Crippen molar-refractivity contribution in [2.45, 2.75) is 13.8 Å². The number of hydrogen-bond acceptors (Lipinski definition) is 1. The monoisotopic (exact) mass is 650 g/mol. The Morgan fingerprint density at radius 3 is 1.71 bits per heavy atom. The summed E-state index contributed by atoms with van der Waals surface area (Å²) in [6.07, 6.45) is 0. The molecule has 0 atom stereocenters. The third-order valence-corrected chi connectivity index (χ3v) is 10.8. The summed E-state index contributed by atoms with van der Waals surface area (Å²) >= 11 is 0. The van der Waals surface area contributed by atoms with Gasteiger partial charge in [-0.3, -0.25) is 0 Å². The fourth-order valence-electron chi connectivity index (χ4n) is 8.35. The van der Waals surface area contributed by atoms with Crippen molar-refractivity contribution in [1.29, 1.82) is 0 Å². The number of fused-ring (bicyclic) bond motifs is 6. The average Bonchev–Trinajstić information content (AvgIpc) is 3.58. The van der Waals surface area contributed by atoms with Gasteiger partial charge in [0, 0.05) is 21.9 Å². The zero-order valence-electron chi connectivity index (χ0n) is 28.6.